The van der Waals surface area contributed by atoms with Crippen LogP contribution in [-0.2, 0) is 4.79 Å². The summed E-state index contributed by atoms with van der Waals surface area (Å²) in [7, 11) is 0. The van der Waals surface area contributed by atoms with Crippen LogP contribution < -0.4 is 10.1 Å². The molecule has 0 aromatic heterocycles. The third-order valence-electron chi connectivity index (χ3n) is 3.95. The summed E-state index contributed by atoms with van der Waals surface area (Å²) in [6.45, 7) is 8.51. The normalized spacial score (nSPS) is 13.2. The maximum absolute atomic E-state index is 12.2. The number of benzene rings is 2. The zero-order chi connectivity index (χ0) is 16.8. The van der Waals surface area contributed by atoms with Crippen LogP contribution in [0.25, 0.3) is 0 Å². The van der Waals surface area contributed by atoms with Gasteiger partial charge >= 0.3 is 0 Å². The zero-order valence-electron chi connectivity index (χ0n) is 14.3. The van der Waals surface area contributed by atoms with Crippen molar-refractivity contribution in [2.45, 2.75) is 39.7 Å². The van der Waals surface area contributed by atoms with Crippen LogP contribution in [0.2, 0.25) is 0 Å². The number of carbonyl (C=O) groups is 1. The molecule has 0 saturated carbocycles. The summed E-state index contributed by atoms with van der Waals surface area (Å²) in [5.74, 6) is 0.940. The largest absolute Gasteiger partial charge is 0.481 e. The maximum atomic E-state index is 12.2. The molecule has 2 aromatic carbocycles. The van der Waals surface area contributed by atoms with Gasteiger partial charge in [-0.3, -0.25) is 4.79 Å². The molecule has 2 atom stereocenters. The molecule has 0 heterocycles. The second-order valence-corrected chi connectivity index (χ2v) is 6.09. The van der Waals surface area contributed by atoms with Crippen LogP contribution in [0.4, 0.5) is 0 Å². The first-order valence-electron chi connectivity index (χ1n) is 8.04. The molecule has 0 aliphatic heterocycles. The Hall–Kier alpha value is -2.29. The van der Waals surface area contributed by atoms with E-state index in [1.807, 2.05) is 44.2 Å². The van der Waals surface area contributed by atoms with Crippen LogP contribution in [0.3, 0.4) is 0 Å². The minimum absolute atomic E-state index is 0.0900. The number of nitrogens with one attached hydrogen (secondary N) is 1. The molecule has 23 heavy (non-hydrogen) atoms. The number of carbonyl (C=O) groups excluding carboxylic acids is 1. The lowest BCUT2D eigenvalue weighted by Crippen LogP contribution is -2.38. The molecule has 122 valence electrons. The Kier molecular flexibility index (Phi) is 5.80. The van der Waals surface area contributed by atoms with Crippen molar-refractivity contribution in [3.05, 3.63) is 65.2 Å². The number of amides is 1. The van der Waals surface area contributed by atoms with Gasteiger partial charge in [-0.05, 0) is 43.9 Å². The lowest BCUT2D eigenvalue weighted by Gasteiger charge is -2.18. The van der Waals surface area contributed by atoms with Gasteiger partial charge in [-0.25, -0.2) is 0 Å². The van der Waals surface area contributed by atoms with Crippen molar-refractivity contribution in [1.82, 2.24) is 5.32 Å². The van der Waals surface area contributed by atoms with Gasteiger partial charge < -0.3 is 10.1 Å². The fraction of sp³-hybridized carbons (Fsp3) is 0.350. The van der Waals surface area contributed by atoms with Crippen molar-refractivity contribution in [3.63, 3.8) is 0 Å². The average molecular weight is 311 g/mol. The van der Waals surface area contributed by atoms with Crippen molar-refractivity contribution >= 4 is 5.91 Å². The van der Waals surface area contributed by atoms with Gasteiger partial charge in [0.25, 0.3) is 5.91 Å². The molecule has 0 bridgehead atoms. The first kappa shape index (κ1) is 17.1. The van der Waals surface area contributed by atoms with Crippen molar-refractivity contribution in [1.29, 1.82) is 0 Å². The number of hydrogen-bond donors (Lipinski definition) is 1. The van der Waals surface area contributed by atoms with E-state index in [1.165, 1.54) is 11.1 Å². The van der Waals surface area contributed by atoms with Crippen molar-refractivity contribution < 1.29 is 9.53 Å². The molecule has 3 nitrogen and oxygen atoms in total. The fourth-order valence-electron chi connectivity index (χ4n) is 2.47. The summed E-state index contributed by atoms with van der Waals surface area (Å²) < 4.78 is 5.79. The summed E-state index contributed by atoms with van der Waals surface area (Å²) in [6, 6.07) is 16.1. The van der Waals surface area contributed by atoms with Crippen LogP contribution in [0.15, 0.2) is 48.5 Å². The van der Waals surface area contributed by atoms with Gasteiger partial charge in [0, 0.05) is 6.54 Å². The Labute approximate surface area is 138 Å². The fourth-order valence-corrected chi connectivity index (χ4v) is 2.47. The highest BCUT2D eigenvalue weighted by atomic mass is 16.5. The molecule has 2 aromatic rings. The third-order valence-corrected chi connectivity index (χ3v) is 3.95. The second kappa shape index (κ2) is 7.82. The molecule has 0 spiro atoms. The maximum Gasteiger partial charge on any atom is 0.260 e. The van der Waals surface area contributed by atoms with Gasteiger partial charge in [0.2, 0.25) is 0 Å². The number of hydrogen-bond acceptors (Lipinski definition) is 2. The van der Waals surface area contributed by atoms with Crippen molar-refractivity contribution in [2.75, 3.05) is 6.54 Å². The van der Waals surface area contributed by atoms with E-state index in [0.717, 1.165) is 11.3 Å². The van der Waals surface area contributed by atoms with E-state index in [-0.39, 0.29) is 11.8 Å². The molecular weight excluding hydrogens is 286 g/mol. The van der Waals surface area contributed by atoms with E-state index >= 15 is 0 Å². The molecule has 0 fully saturated rings. The Morgan fingerprint density at radius 2 is 1.78 bits per heavy atom. The minimum Gasteiger partial charge on any atom is -0.481 e. The van der Waals surface area contributed by atoms with Crippen LogP contribution in [0.1, 0.15) is 36.5 Å². The van der Waals surface area contributed by atoms with Crippen LogP contribution in [-0.4, -0.2) is 18.6 Å². The molecule has 0 unspecified atom stereocenters. The monoisotopic (exact) mass is 311 g/mol. The second-order valence-electron chi connectivity index (χ2n) is 6.09. The van der Waals surface area contributed by atoms with E-state index in [4.69, 9.17) is 4.74 Å². The van der Waals surface area contributed by atoms with E-state index in [0.29, 0.717) is 6.54 Å². The van der Waals surface area contributed by atoms with E-state index in [2.05, 4.69) is 30.4 Å². The van der Waals surface area contributed by atoms with Gasteiger partial charge in [0.05, 0.1) is 0 Å². The predicted octanol–water partition coefficient (Wildman–Crippen LogP) is 3.99. The van der Waals surface area contributed by atoms with Gasteiger partial charge in [0.1, 0.15) is 5.75 Å². The SMILES string of the molecule is Cc1ccc(O[C@@H](C)C(=O)NC[C@@H](C)c2ccccc2)c(C)c1. The lowest BCUT2D eigenvalue weighted by atomic mass is 10.0. The lowest BCUT2D eigenvalue weighted by molar-refractivity contribution is -0.127. The highest BCUT2D eigenvalue weighted by Gasteiger charge is 2.16. The van der Waals surface area contributed by atoms with Crippen molar-refractivity contribution in [3.8, 4) is 5.75 Å². The molecule has 1 amide bonds. The molecule has 1 N–H and O–H groups in total. The van der Waals surface area contributed by atoms with E-state index in [1.54, 1.807) is 6.92 Å². The Bertz CT molecular complexity index is 652. The molecule has 0 aliphatic rings. The highest BCUT2D eigenvalue weighted by Crippen LogP contribution is 2.20. The standard InChI is InChI=1S/C20H25NO2/c1-14-10-11-19(15(2)12-14)23-17(4)20(22)21-13-16(3)18-8-6-5-7-9-18/h5-12,16-17H,13H2,1-4H3,(H,21,22)/t16-,17+/m1/s1. The first-order chi connectivity index (χ1) is 11.0. The van der Waals surface area contributed by atoms with Crippen molar-refractivity contribution in [2.24, 2.45) is 0 Å². The number of ether oxygens (including phenoxy) is 1. The summed E-state index contributed by atoms with van der Waals surface area (Å²) >= 11 is 0. The predicted molar refractivity (Wildman–Crippen MR) is 93.9 cm³/mol. The Morgan fingerprint density at radius 1 is 1.09 bits per heavy atom. The topological polar surface area (TPSA) is 38.3 Å². The van der Waals surface area contributed by atoms with E-state index < -0.39 is 6.10 Å². The van der Waals surface area contributed by atoms with Gasteiger partial charge in [-0.1, -0.05) is 55.0 Å². The molecular formula is C20H25NO2. The first-order valence-corrected chi connectivity index (χ1v) is 8.04. The molecule has 0 saturated heterocycles. The average Bonchev–Trinajstić information content (AvgIpc) is 2.55. The van der Waals surface area contributed by atoms with E-state index in [9.17, 15) is 4.79 Å². The molecule has 0 aliphatic carbocycles. The summed E-state index contributed by atoms with van der Waals surface area (Å²) in [5.41, 5.74) is 3.45. The van der Waals surface area contributed by atoms with Gasteiger partial charge in [-0.2, -0.15) is 0 Å². The summed E-state index contributed by atoms with van der Waals surface area (Å²) in [6.07, 6.45) is -0.514. The smallest absolute Gasteiger partial charge is 0.260 e. The van der Waals surface area contributed by atoms with Crippen LogP contribution in [0.5, 0.6) is 5.75 Å². The highest BCUT2D eigenvalue weighted by molar-refractivity contribution is 5.80. The summed E-state index contributed by atoms with van der Waals surface area (Å²) in [5, 5.41) is 2.97. The van der Waals surface area contributed by atoms with Crippen LogP contribution in [0, 0.1) is 13.8 Å². The molecule has 0 radical (unpaired) electrons. The zero-order valence-corrected chi connectivity index (χ0v) is 14.3. The van der Waals surface area contributed by atoms with Gasteiger partial charge in [-0.15, -0.1) is 0 Å². The Morgan fingerprint density at radius 3 is 2.43 bits per heavy atom. The summed E-state index contributed by atoms with van der Waals surface area (Å²) in [4.78, 5) is 12.2. The molecule has 2 rings (SSSR count). The third kappa shape index (κ3) is 4.85. The van der Waals surface area contributed by atoms with Crippen LogP contribution >= 0.6 is 0 Å². The number of aryl methyl sites for hydroxylation is 2. The van der Waals surface area contributed by atoms with Gasteiger partial charge in [0.15, 0.2) is 6.10 Å². The quantitative estimate of drug-likeness (QED) is 0.876. The minimum atomic E-state index is -0.514. The Balaban J connectivity index is 1.87. The molecule has 3 heteroatoms. The number of rotatable bonds is 6.